The van der Waals surface area contributed by atoms with Gasteiger partial charge < -0.3 is 24.4 Å². The molecule has 1 aromatic heterocycles. The molecule has 9 nitrogen and oxygen atoms in total. The predicted molar refractivity (Wildman–Crippen MR) is 158 cm³/mol. The van der Waals surface area contributed by atoms with Gasteiger partial charge in [0.2, 0.25) is 0 Å². The monoisotopic (exact) mass is 562 g/mol. The first-order valence-electron chi connectivity index (χ1n) is 14.1. The lowest BCUT2D eigenvalue weighted by molar-refractivity contribution is 0.0203. The Morgan fingerprint density at radius 1 is 0.976 bits per heavy atom. The maximum absolute atomic E-state index is 13.5. The molecule has 0 saturated carbocycles. The molecule has 0 radical (unpaired) electrons. The van der Waals surface area contributed by atoms with E-state index in [2.05, 4.69) is 36.4 Å². The molecule has 0 aliphatic carbocycles. The minimum absolute atomic E-state index is 0.0596. The van der Waals surface area contributed by atoms with Gasteiger partial charge in [-0.2, -0.15) is 5.10 Å². The van der Waals surface area contributed by atoms with E-state index >= 15 is 0 Å². The van der Waals surface area contributed by atoms with E-state index in [-0.39, 0.29) is 17.9 Å². The summed E-state index contributed by atoms with van der Waals surface area (Å²) in [5, 5.41) is 7.77. The smallest absolute Gasteiger partial charge is 0.410 e. The van der Waals surface area contributed by atoms with Crippen molar-refractivity contribution in [3.8, 4) is 17.2 Å². The normalized spacial score (nSPS) is 14.1. The lowest BCUT2D eigenvalue weighted by Crippen LogP contribution is -2.41. The van der Waals surface area contributed by atoms with Crippen LogP contribution in [0.4, 0.5) is 4.79 Å². The van der Waals surface area contributed by atoms with E-state index in [4.69, 9.17) is 14.2 Å². The highest BCUT2D eigenvalue weighted by molar-refractivity contribution is 5.95. The minimum atomic E-state index is -0.544. The number of piperidine rings is 1. The predicted octanol–water partition coefficient (Wildman–Crippen LogP) is 5.59. The molecule has 1 fully saturated rings. The SMILES string of the molecule is COc1ccc(CCNC(=O)c2cnn(-c3ccc(C)c(C)c3)c2C2CCN(C(=O)OC(C)(C)C)CC2)cc1OC. The van der Waals surface area contributed by atoms with E-state index in [0.717, 1.165) is 22.5 Å². The second-order valence-electron chi connectivity index (χ2n) is 11.6. The third-order valence-corrected chi connectivity index (χ3v) is 7.47. The number of nitrogens with one attached hydrogen (secondary N) is 1. The van der Waals surface area contributed by atoms with Crippen molar-refractivity contribution < 1.29 is 23.8 Å². The number of methoxy groups -OCH3 is 2. The van der Waals surface area contributed by atoms with Crippen molar-refractivity contribution in [3.05, 3.63) is 70.5 Å². The fourth-order valence-electron chi connectivity index (χ4n) is 5.10. The van der Waals surface area contributed by atoms with Crippen molar-refractivity contribution in [1.82, 2.24) is 20.0 Å². The maximum atomic E-state index is 13.5. The second kappa shape index (κ2) is 12.7. The zero-order valence-corrected chi connectivity index (χ0v) is 25.2. The Labute approximate surface area is 242 Å². The quantitative estimate of drug-likeness (QED) is 0.384. The Bertz CT molecular complexity index is 1380. The van der Waals surface area contributed by atoms with Crippen molar-refractivity contribution in [1.29, 1.82) is 0 Å². The summed E-state index contributed by atoms with van der Waals surface area (Å²) in [5.74, 6) is 1.22. The minimum Gasteiger partial charge on any atom is -0.493 e. The van der Waals surface area contributed by atoms with Crippen molar-refractivity contribution in [2.75, 3.05) is 33.9 Å². The average Bonchev–Trinajstić information content (AvgIpc) is 3.39. The van der Waals surface area contributed by atoms with Crippen LogP contribution in [-0.4, -0.2) is 66.1 Å². The van der Waals surface area contributed by atoms with Gasteiger partial charge >= 0.3 is 6.09 Å². The molecule has 0 atom stereocenters. The molecule has 220 valence electrons. The molecule has 1 N–H and O–H groups in total. The number of amides is 2. The zero-order chi connectivity index (χ0) is 29.7. The number of benzene rings is 2. The lowest BCUT2D eigenvalue weighted by Gasteiger charge is -2.34. The summed E-state index contributed by atoms with van der Waals surface area (Å²) in [6.07, 6.45) is 3.42. The number of rotatable bonds is 8. The van der Waals surface area contributed by atoms with Crippen molar-refractivity contribution in [2.45, 2.75) is 65.4 Å². The summed E-state index contributed by atoms with van der Waals surface area (Å²) >= 11 is 0. The number of aryl methyl sites for hydroxylation is 2. The van der Waals surface area contributed by atoms with Gasteiger partial charge in [0.25, 0.3) is 5.91 Å². The molecule has 0 unspecified atom stereocenters. The summed E-state index contributed by atoms with van der Waals surface area (Å²) in [6.45, 7) is 11.3. The number of carbonyl (C=O) groups is 2. The molecule has 2 aromatic carbocycles. The molecule has 1 aliphatic rings. The van der Waals surface area contributed by atoms with Crippen molar-refractivity contribution >= 4 is 12.0 Å². The van der Waals surface area contributed by atoms with Crippen LogP contribution < -0.4 is 14.8 Å². The number of hydrogen-bond donors (Lipinski definition) is 1. The highest BCUT2D eigenvalue weighted by atomic mass is 16.6. The number of nitrogens with zero attached hydrogens (tertiary/aromatic N) is 3. The van der Waals surface area contributed by atoms with Crippen molar-refractivity contribution in [3.63, 3.8) is 0 Å². The topological polar surface area (TPSA) is 94.9 Å². The number of ether oxygens (including phenoxy) is 3. The standard InChI is InChI=1S/C32H42N4O5/c1-21-8-10-25(18-22(21)2)36-29(24-13-16-35(17-14-24)31(38)41-32(3,4)5)26(20-34-36)30(37)33-15-12-23-9-11-27(39-6)28(19-23)40-7/h8-11,18-20,24H,12-17H2,1-7H3,(H,33,37). The molecule has 2 amide bonds. The summed E-state index contributed by atoms with van der Waals surface area (Å²) in [5.41, 5.74) is 5.20. The number of carbonyl (C=O) groups excluding carboxylic acids is 2. The van der Waals surface area contributed by atoms with Crippen LogP contribution in [0.15, 0.2) is 42.6 Å². The van der Waals surface area contributed by atoms with Crippen LogP contribution in [0.2, 0.25) is 0 Å². The summed E-state index contributed by atoms with van der Waals surface area (Å²) in [6, 6.07) is 12.0. The van der Waals surface area contributed by atoms with Crippen LogP contribution in [0.3, 0.4) is 0 Å². The Kier molecular flexibility index (Phi) is 9.25. The Morgan fingerprint density at radius 2 is 1.68 bits per heavy atom. The first kappa shape index (κ1) is 30.0. The van der Waals surface area contributed by atoms with Gasteiger partial charge in [0.15, 0.2) is 11.5 Å². The van der Waals surface area contributed by atoms with Crippen LogP contribution in [-0.2, 0) is 11.2 Å². The van der Waals surface area contributed by atoms with Crippen LogP contribution >= 0.6 is 0 Å². The fraction of sp³-hybridized carbons (Fsp3) is 0.469. The molecule has 41 heavy (non-hydrogen) atoms. The number of aromatic nitrogens is 2. The van der Waals surface area contributed by atoms with Gasteiger partial charge in [-0.25, -0.2) is 9.48 Å². The molecule has 1 aliphatic heterocycles. The average molecular weight is 563 g/mol. The molecular weight excluding hydrogens is 520 g/mol. The summed E-state index contributed by atoms with van der Waals surface area (Å²) in [4.78, 5) is 27.9. The highest BCUT2D eigenvalue weighted by Gasteiger charge is 2.32. The van der Waals surface area contributed by atoms with E-state index in [1.165, 1.54) is 5.56 Å². The lowest BCUT2D eigenvalue weighted by atomic mass is 9.90. The summed E-state index contributed by atoms with van der Waals surface area (Å²) < 4.78 is 18.2. The fourth-order valence-corrected chi connectivity index (χ4v) is 5.10. The Balaban J connectivity index is 1.53. The van der Waals surface area contributed by atoms with Gasteiger partial charge in [-0.3, -0.25) is 4.79 Å². The van der Waals surface area contributed by atoms with Gasteiger partial charge in [0, 0.05) is 25.6 Å². The van der Waals surface area contributed by atoms with E-state index in [1.807, 2.05) is 49.7 Å². The van der Waals surface area contributed by atoms with Gasteiger partial charge in [-0.05, 0) is 94.8 Å². The van der Waals surface area contributed by atoms with Gasteiger partial charge in [-0.1, -0.05) is 12.1 Å². The molecule has 0 spiro atoms. The van der Waals surface area contributed by atoms with E-state index in [1.54, 1.807) is 25.3 Å². The maximum Gasteiger partial charge on any atom is 0.410 e. The van der Waals surface area contributed by atoms with Crippen molar-refractivity contribution in [2.24, 2.45) is 0 Å². The van der Waals surface area contributed by atoms with Crippen LogP contribution in [0, 0.1) is 13.8 Å². The largest absolute Gasteiger partial charge is 0.493 e. The third kappa shape index (κ3) is 7.20. The Hall–Kier alpha value is -4.01. The molecule has 2 heterocycles. The molecule has 1 saturated heterocycles. The third-order valence-electron chi connectivity index (χ3n) is 7.47. The van der Waals surface area contributed by atoms with Crippen LogP contribution in [0.1, 0.15) is 72.3 Å². The van der Waals surface area contributed by atoms with E-state index in [0.29, 0.717) is 56.0 Å². The van der Waals surface area contributed by atoms with Gasteiger partial charge in [0.05, 0.1) is 37.4 Å². The summed E-state index contributed by atoms with van der Waals surface area (Å²) in [7, 11) is 3.21. The number of hydrogen-bond acceptors (Lipinski definition) is 6. The highest BCUT2D eigenvalue weighted by Crippen LogP contribution is 2.33. The van der Waals surface area contributed by atoms with Gasteiger partial charge in [-0.15, -0.1) is 0 Å². The molecular formula is C32H42N4O5. The molecule has 0 bridgehead atoms. The van der Waals surface area contributed by atoms with Crippen LogP contribution in [0.25, 0.3) is 5.69 Å². The van der Waals surface area contributed by atoms with E-state index in [9.17, 15) is 9.59 Å². The second-order valence-corrected chi connectivity index (χ2v) is 11.6. The molecule has 4 rings (SSSR count). The molecule has 3 aromatic rings. The van der Waals surface area contributed by atoms with E-state index < -0.39 is 5.60 Å². The Morgan fingerprint density at radius 3 is 2.32 bits per heavy atom. The first-order valence-corrected chi connectivity index (χ1v) is 14.1. The first-order chi connectivity index (χ1) is 19.5. The molecule has 9 heteroatoms. The zero-order valence-electron chi connectivity index (χ0n) is 25.2. The number of likely N-dealkylation sites (tertiary alicyclic amines) is 1. The van der Waals surface area contributed by atoms with Gasteiger partial charge in [0.1, 0.15) is 5.60 Å². The van der Waals surface area contributed by atoms with Crippen LogP contribution in [0.5, 0.6) is 11.5 Å².